The summed E-state index contributed by atoms with van der Waals surface area (Å²) >= 11 is 5.34. The molecular formula is C26H23N5O2S. The molecule has 34 heavy (non-hydrogen) atoms. The van der Waals surface area contributed by atoms with Crippen LogP contribution in [0.15, 0.2) is 72.8 Å². The molecule has 1 aliphatic rings. The van der Waals surface area contributed by atoms with Gasteiger partial charge >= 0.3 is 0 Å². The van der Waals surface area contributed by atoms with E-state index in [0.29, 0.717) is 28.4 Å². The maximum Gasteiger partial charge on any atom is 0.258 e. The summed E-state index contributed by atoms with van der Waals surface area (Å²) in [6, 6.07) is 22.8. The number of amides is 2. The highest BCUT2D eigenvalue weighted by Gasteiger charge is 2.25. The van der Waals surface area contributed by atoms with Crippen molar-refractivity contribution in [2.75, 3.05) is 16.8 Å². The Hall–Kier alpha value is -4.04. The lowest BCUT2D eigenvalue weighted by Crippen LogP contribution is -2.28. The predicted molar refractivity (Wildman–Crippen MR) is 134 cm³/mol. The highest BCUT2D eigenvalue weighted by Crippen LogP contribution is 2.29. The molecule has 0 unspecified atom stereocenters. The van der Waals surface area contributed by atoms with Gasteiger partial charge in [0.25, 0.3) is 5.91 Å². The Morgan fingerprint density at radius 3 is 2.65 bits per heavy atom. The number of hydrogen-bond acceptors (Lipinski definition) is 4. The molecule has 0 spiro atoms. The van der Waals surface area contributed by atoms with Gasteiger partial charge in [-0.05, 0) is 67.5 Å². The van der Waals surface area contributed by atoms with Crippen molar-refractivity contribution in [3.63, 3.8) is 0 Å². The first kappa shape index (κ1) is 21.8. The van der Waals surface area contributed by atoms with Gasteiger partial charge in [-0.25, -0.2) is 0 Å². The monoisotopic (exact) mass is 469 g/mol. The van der Waals surface area contributed by atoms with E-state index in [2.05, 4.69) is 21.6 Å². The van der Waals surface area contributed by atoms with Crippen LogP contribution in [0.5, 0.6) is 0 Å². The average Bonchev–Trinajstić information content (AvgIpc) is 3.43. The number of para-hydroxylation sites is 1. The number of rotatable bonds is 5. The van der Waals surface area contributed by atoms with E-state index in [1.54, 1.807) is 33.7 Å². The zero-order chi connectivity index (χ0) is 23.7. The number of carbonyl (C=O) groups excluding carboxylic acids is 2. The molecule has 3 aromatic carbocycles. The lowest BCUT2D eigenvalue weighted by molar-refractivity contribution is -0.116. The second-order valence-electron chi connectivity index (χ2n) is 8.27. The minimum atomic E-state index is -0.237. The summed E-state index contributed by atoms with van der Waals surface area (Å²) in [5.41, 5.74) is 5.30. The topological polar surface area (TPSA) is 83.0 Å². The minimum Gasteiger partial charge on any atom is -0.325 e. The zero-order valence-corrected chi connectivity index (χ0v) is 19.4. The van der Waals surface area contributed by atoms with Gasteiger partial charge in [0, 0.05) is 29.0 Å². The summed E-state index contributed by atoms with van der Waals surface area (Å²) in [7, 11) is 0. The fraction of sp³-hybridized carbons (Fsp3) is 0.154. The van der Waals surface area contributed by atoms with Crippen molar-refractivity contribution in [2.24, 2.45) is 0 Å². The molecule has 1 aromatic heterocycles. The number of aromatic amines is 1. The van der Waals surface area contributed by atoms with Crippen LogP contribution in [0.1, 0.15) is 21.5 Å². The fourth-order valence-corrected chi connectivity index (χ4v) is 4.41. The molecule has 0 aliphatic carbocycles. The van der Waals surface area contributed by atoms with Gasteiger partial charge in [-0.2, -0.15) is 5.10 Å². The Labute approximate surface area is 202 Å². The molecule has 0 radical (unpaired) electrons. The summed E-state index contributed by atoms with van der Waals surface area (Å²) in [5, 5.41) is 9.94. The van der Waals surface area contributed by atoms with Gasteiger partial charge in [0.05, 0.1) is 0 Å². The van der Waals surface area contributed by atoms with Crippen molar-refractivity contribution in [1.82, 2.24) is 14.8 Å². The van der Waals surface area contributed by atoms with E-state index in [0.717, 1.165) is 23.2 Å². The van der Waals surface area contributed by atoms with Crippen molar-refractivity contribution < 1.29 is 9.59 Å². The third-order valence-corrected chi connectivity index (χ3v) is 6.20. The standard InChI is InChI=1S/C26H23N5O2S/c1-17-5-4-7-20(15-17)24-28-29-26(34)31(24)16-23(32)27-21-11-9-19(10-12-21)25(33)30-14-13-18-6-2-3-8-22(18)30/h2-12,15H,13-14,16H2,1H3,(H,27,32)(H,29,34). The summed E-state index contributed by atoms with van der Waals surface area (Å²) in [6.45, 7) is 2.69. The van der Waals surface area contributed by atoms with E-state index >= 15 is 0 Å². The summed E-state index contributed by atoms with van der Waals surface area (Å²) < 4.78 is 2.04. The molecule has 0 atom stereocenters. The highest BCUT2D eigenvalue weighted by atomic mass is 32.1. The first-order chi connectivity index (χ1) is 16.5. The second-order valence-corrected chi connectivity index (χ2v) is 8.66. The van der Waals surface area contributed by atoms with Crippen molar-refractivity contribution in [2.45, 2.75) is 19.9 Å². The van der Waals surface area contributed by atoms with Crippen LogP contribution < -0.4 is 10.2 Å². The Bertz CT molecular complexity index is 1440. The van der Waals surface area contributed by atoms with E-state index in [1.807, 2.05) is 49.4 Å². The minimum absolute atomic E-state index is 0.0177. The Morgan fingerprint density at radius 1 is 1.06 bits per heavy atom. The van der Waals surface area contributed by atoms with Crippen LogP contribution in [-0.2, 0) is 17.8 Å². The number of anilines is 2. The SMILES string of the molecule is Cc1cccc(-c2n[nH]c(=S)n2CC(=O)Nc2ccc(C(=O)N3CCc4ccccc43)cc2)c1. The lowest BCUT2D eigenvalue weighted by atomic mass is 10.1. The number of benzene rings is 3. The summed E-state index contributed by atoms with van der Waals surface area (Å²) in [4.78, 5) is 27.6. The first-order valence-corrected chi connectivity index (χ1v) is 11.4. The number of hydrogen-bond donors (Lipinski definition) is 2. The van der Waals surface area contributed by atoms with Gasteiger partial charge in [0.15, 0.2) is 10.6 Å². The second kappa shape index (κ2) is 9.07. The number of aryl methyl sites for hydroxylation is 1. The molecular weight excluding hydrogens is 446 g/mol. The predicted octanol–water partition coefficient (Wildman–Crippen LogP) is 4.76. The third-order valence-electron chi connectivity index (χ3n) is 5.88. The highest BCUT2D eigenvalue weighted by molar-refractivity contribution is 7.71. The summed E-state index contributed by atoms with van der Waals surface area (Å²) in [5.74, 6) is 0.324. The van der Waals surface area contributed by atoms with Crippen molar-refractivity contribution in [3.05, 3.63) is 94.3 Å². The van der Waals surface area contributed by atoms with Crippen LogP contribution in [0.2, 0.25) is 0 Å². The molecule has 2 heterocycles. The lowest BCUT2D eigenvalue weighted by Gasteiger charge is -2.17. The molecule has 2 amide bonds. The summed E-state index contributed by atoms with van der Waals surface area (Å²) in [6.07, 6.45) is 0.858. The number of fused-ring (bicyclic) bond motifs is 1. The first-order valence-electron chi connectivity index (χ1n) is 11.0. The largest absolute Gasteiger partial charge is 0.325 e. The van der Waals surface area contributed by atoms with Gasteiger partial charge in [-0.1, -0.05) is 42.0 Å². The van der Waals surface area contributed by atoms with Crippen LogP contribution in [-0.4, -0.2) is 33.1 Å². The van der Waals surface area contributed by atoms with Crippen LogP contribution in [0.3, 0.4) is 0 Å². The molecule has 4 aromatic rings. The van der Waals surface area contributed by atoms with Gasteiger partial charge in [0.2, 0.25) is 5.91 Å². The van der Waals surface area contributed by atoms with Crippen LogP contribution in [0, 0.1) is 11.7 Å². The van der Waals surface area contributed by atoms with Crippen LogP contribution in [0.25, 0.3) is 11.4 Å². The molecule has 1 aliphatic heterocycles. The van der Waals surface area contributed by atoms with E-state index in [1.165, 1.54) is 5.56 Å². The number of H-pyrrole nitrogens is 1. The maximum atomic E-state index is 13.0. The zero-order valence-electron chi connectivity index (χ0n) is 18.6. The maximum absolute atomic E-state index is 13.0. The average molecular weight is 470 g/mol. The Morgan fingerprint density at radius 2 is 1.85 bits per heavy atom. The molecule has 0 bridgehead atoms. The Balaban J connectivity index is 1.28. The van der Waals surface area contributed by atoms with E-state index in [4.69, 9.17) is 12.2 Å². The molecule has 5 rings (SSSR count). The third kappa shape index (κ3) is 4.27. The van der Waals surface area contributed by atoms with E-state index in [-0.39, 0.29) is 18.4 Å². The molecule has 0 saturated carbocycles. The van der Waals surface area contributed by atoms with Crippen LogP contribution in [0.4, 0.5) is 11.4 Å². The van der Waals surface area contributed by atoms with Gasteiger partial charge in [-0.15, -0.1) is 0 Å². The van der Waals surface area contributed by atoms with E-state index < -0.39 is 0 Å². The molecule has 8 heteroatoms. The van der Waals surface area contributed by atoms with Gasteiger partial charge in [0.1, 0.15) is 6.54 Å². The molecule has 0 saturated heterocycles. The molecule has 0 fully saturated rings. The van der Waals surface area contributed by atoms with Gasteiger partial charge in [-0.3, -0.25) is 19.3 Å². The van der Waals surface area contributed by atoms with Gasteiger partial charge < -0.3 is 10.2 Å². The molecule has 2 N–H and O–H groups in total. The normalized spacial score (nSPS) is 12.4. The molecule has 170 valence electrons. The number of carbonyl (C=O) groups is 2. The van der Waals surface area contributed by atoms with Crippen molar-refractivity contribution in [3.8, 4) is 11.4 Å². The quantitative estimate of drug-likeness (QED) is 0.413. The number of nitrogens with zero attached hydrogens (tertiary/aromatic N) is 3. The Kier molecular flexibility index (Phi) is 5.81. The number of aromatic nitrogens is 3. The van der Waals surface area contributed by atoms with Crippen molar-refractivity contribution in [1.29, 1.82) is 0 Å². The fourth-order valence-electron chi connectivity index (χ4n) is 4.21. The number of nitrogens with one attached hydrogen (secondary N) is 2. The van der Waals surface area contributed by atoms with Crippen LogP contribution >= 0.6 is 12.2 Å². The smallest absolute Gasteiger partial charge is 0.258 e. The van der Waals surface area contributed by atoms with Crippen molar-refractivity contribution >= 4 is 35.4 Å². The molecule has 7 nitrogen and oxygen atoms in total. The van der Waals surface area contributed by atoms with E-state index in [9.17, 15) is 9.59 Å².